The average Bonchev–Trinajstić information content (AvgIpc) is 2.69. The molecule has 1 aromatic carbocycles. The zero-order valence-electron chi connectivity index (χ0n) is 15.7. The lowest BCUT2D eigenvalue weighted by Crippen LogP contribution is -2.61. The zero-order valence-corrected chi connectivity index (χ0v) is 15.7. The molecule has 1 N–H and O–H groups in total. The van der Waals surface area contributed by atoms with Gasteiger partial charge in [-0.15, -0.1) is 0 Å². The number of hydrogen-bond acceptors (Lipinski definition) is 4. The summed E-state index contributed by atoms with van der Waals surface area (Å²) in [4.78, 5) is 17.6. The number of hydrogen-bond donors (Lipinski definition) is 1. The van der Waals surface area contributed by atoms with Gasteiger partial charge in [0.15, 0.2) is 5.78 Å². The van der Waals surface area contributed by atoms with Crippen LogP contribution < -0.4 is 5.32 Å². The Morgan fingerprint density at radius 2 is 1.72 bits per heavy atom. The molecule has 1 heterocycles. The summed E-state index contributed by atoms with van der Waals surface area (Å²) in [5, 5.41) is 3.51. The standard InChI is InChI=1S/C21H33N3O/c1-2-23-13-15-24(16-14-23)21(11-7-4-8-12-21)18-22-17-20(25)19-9-5-3-6-10-19/h3,5-6,9-10,22H,2,4,7-8,11-18H2,1H3. The number of nitrogens with zero attached hydrogens (tertiary/aromatic N) is 2. The molecule has 4 nitrogen and oxygen atoms in total. The van der Waals surface area contributed by atoms with E-state index < -0.39 is 0 Å². The normalized spacial score (nSPS) is 22.0. The zero-order chi connectivity index (χ0) is 17.5. The van der Waals surface area contributed by atoms with Gasteiger partial charge in [0.25, 0.3) is 0 Å². The van der Waals surface area contributed by atoms with Gasteiger partial charge in [0.1, 0.15) is 0 Å². The van der Waals surface area contributed by atoms with Crippen LogP contribution in [0.5, 0.6) is 0 Å². The van der Waals surface area contributed by atoms with Gasteiger partial charge in [0.05, 0.1) is 6.54 Å². The molecule has 25 heavy (non-hydrogen) atoms. The maximum atomic E-state index is 12.4. The van der Waals surface area contributed by atoms with Crippen LogP contribution in [0.25, 0.3) is 0 Å². The number of nitrogens with one attached hydrogen (secondary N) is 1. The molecule has 0 radical (unpaired) electrons. The largest absolute Gasteiger partial charge is 0.308 e. The lowest BCUT2D eigenvalue weighted by atomic mass is 9.79. The fourth-order valence-electron chi connectivity index (χ4n) is 4.49. The molecule has 2 aliphatic rings. The highest BCUT2D eigenvalue weighted by Gasteiger charge is 2.38. The van der Waals surface area contributed by atoms with Crippen molar-refractivity contribution < 1.29 is 4.79 Å². The highest BCUT2D eigenvalue weighted by molar-refractivity contribution is 5.97. The molecule has 1 aliphatic heterocycles. The molecule has 0 bridgehead atoms. The Labute approximate surface area is 152 Å². The fourth-order valence-corrected chi connectivity index (χ4v) is 4.49. The van der Waals surface area contributed by atoms with E-state index in [4.69, 9.17) is 0 Å². The maximum absolute atomic E-state index is 12.4. The Morgan fingerprint density at radius 3 is 2.36 bits per heavy atom. The van der Waals surface area contributed by atoms with Crippen LogP contribution in [0, 0.1) is 0 Å². The van der Waals surface area contributed by atoms with Crippen LogP contribution in [0.3, 0.4) is 0 Å². The van der Waals surface area contributed by atoms with Crippen molar-refractivity contribution in [2.45, 2.75) is 44.6 Å². The number of carbonyl (C=O) groups excluding carboxylic acids is 1. The van der Waals surface area contributed by atoms with Crippen molar-refractivity contribution in [1.82, 2.24) is 15.1 Å². The number of Topliss-reactive ketones (excluding diaryl/α,β-unsaturated/α-hetero) is 1. The first kappa shape index (κ1) is 18.6. The smallest absolute Gasteiger partial charge is 0.176 e. The quantitative estimate of drug-likeness (QED) is 0.772. The Morgan fingerprint density at radius 1 is 1.04 bits per heavy atom. The van der Waals surface area contributed by atoms with Crippen molar-refractivity contribution >= 4 is 5.78 Å². The van der Waals surface area contributed by atoms with Gasteiger partial charge in [-0.05, 0) is 19.4 Å². The van der Waals surface area contributed by atoms with E-state index in [1.54, 1.807) is 0 Å². The number of rotatable bonds is 7. The molecular weight excluding hydrogens is 310 g/mol. The maximum Gasteiger partial charge on any atom is 0.176 e. The van der Waals surface area contributed by atoms with Crippen molar-refractivity contribution in [2.24, 2.45) is 0 Å². The molecule has 0 spiro atoms. The minimum Gasteiger partial charge on any atom is -0.308 e. The summed E-state index contributed by atoms with van der Waals surface area (Å²) in [6.45, 7) is 9.50. The summed E-state index contributed by atoms with van der Waals surface area (Å²) < 4.78 is 0. The monoisotopic (exact) mass is 343 g/mol. The average molecular weight is 344 g/mol. The highest BCUT2D eigenvalue weighted by atomic mass is 16.1. The molecule has 0 atom stereocenters. The van der Waals surface area contributed by atoms with Crippen LogP contribution in [0.15, 0.2) is 30.3 Å². The third-order valence-electron chi connectivity index (χ3n) is 6.11. The number of likely N-dealkylation sites (N-methyl/N-ethyl adjacent to an activating group) is 1. The summed E-state index contributed by atoms with van der Waals surface area (Å²) in [7, 11) is 0. The Hall–Kier alpha value is -1.23. The lowest BCUT2D eigenvalue weighted by Gasteiger charge is -2.50. The van der Waals surface area contributed by atoms with Gasteiger partial charge in [-0.2, -0.15) is 0 Å². The molecular formula is C21H33N3O. The molecule has 0 amide bonds. The van der Waals surface area contributed by atoms with E-state index in [9.17, 15) is 4.79 Å². The van der Waals surface area contributed by atoms with Gasteiger partial charge in [0, 0.05) is 43.8 Å². The predicted molar refractivity (Wildman–Crippen MR) is 103 cm³/mol. The SMILES string of the molecule is CCN1CCN(C2(CNCC(=O)c3ccccc3)CCCCC2)CC1. The van der Waals surface area contributed by atoms with Crippen molar-refractivity contribution in [3.63, 3.8) is 0 Å². The highest BCUT2D eigenvalue weighted by Crippen LogP contribution is 2.34. The van der Waals surface area contributed by atoms with Crippen LogP contribution >= 0.6 is 0 Å². The van der Waals surface area contributed by atoms with Crippen molar-refractivity contribution in [2.75, 3.05) is 45.8 Å². The van der Waals surface area contributed by atoms with E-state index in [0.29, 0.717) is 6.54 Å². The van der Waals surface area contributed by atoms with Gasteiger partial charge in [0.2, 0.25) is 0 Å². The van der Waals surface area contributed by atoms with Crippen molar-refractivity contribution in [3.8, 4) is 0 Å². The van der Waals surface area contributed by atoms with Gasteiger partial charge >= 0.3 is 0 Å². The second kappa shape index (κ2) is 8.93. The van der Waals surface area contributed by atoms with E-state index >= 15 is 0 Å². The summed E-state index contributed by atoms with van der Waals surface area (Å²) >= 11 is 0. The molecule has 2 fully saturated rings. The fraction of sp³-hybridized carbons (Fsp3) is 0.667. The summed E-state index contributed by atoms with van der Waals surface area (Å²) in [6, 6.07) is 9.64. The van der Waals surface area contributed by atoms with Crippen LogP contribution in [-0.2, 0) is 0 Å². The number of piperazine rings is 1. The molecule has 0 aromatic heterocycles. The first-order chi connectivity index (χ1) is 12.2. The van der Waals surface area contributed by atoms with Gasteiger partial charge in [-0.1, -0.05) is 56.5 Å². The van der Waals surface area contributed by atoms with Crippen molar-refractivity contribution in [1.29, 1.82) is 0 Å². The van der Waals surface area contributed by atoms with E-state index in [1.807, 2.05) is 30.3 Å². The molecule has 1 aromatic rings. The van der Waals surface area contributed by atoms with Gasteiger partial charge in [-0.3, -0.25) is 9.69 Å². The molecule has 138 valence electrons. The molecule has 1 aliphatic carbocycles. The number of benzene rings is 1. The van der Waals surface area contributed by atoms with Crippen LogP contribution in [0.4, 0.5) is 0 Å². The lowest BCUT2D eigenvalue weighted by molar-refractivity contribution is 0.00929. The second-order valence-corrected chi connectivity index (χ2v) is 7.60. The van der Waals surface area contributed by atoms with Crippen molar-refractivity contribution in [3.05, 3.63) is 35.9 Å². The second-order valence-electron chi connectivity index (χ2n) is 7.60. The Kier molecular flexibility index (Phi) is 6.63. The number of carbonyl (C=O) groups is 1. The van der Waals surface area contributed by atoms with Gasteiger partial charge < -0.3 is 10.2 Å². The summed E-state index contributed by atoms with van der Waals surface area (Å²) in [5.41, 5.74) is 1.07. The molecule has 1 saturated heterocycles. The minimum absolute atomic E-state index is 0.197. The van der Waals surface area contributed by atoms with E-state index in [0.717, 1.165) is 18.7 Å². The van der Waals surface area contributed by atoms with Crippen LogP contribution in [0.1, 0.15) is 49.4 Å². The third kappa shape index (κ3) is 4.69. The van der Waals surface area contributed by atoms with Crippen LogP contribution in [-0.4, -0.2) is 66.9 Å². The van der Waals surface area contributed by atoms with E-state index in [2.05, 4.69) is 22.0 Å². The van der Waals surface area contributed by atoms with E-state index in [1.165, 1.54) is 58.3 Å². The number of ketones is 1. The molecule has 0 unspecified atom stereocenters. The molecule has 3 rings (SSSR count). The summed E-state index contributed by atoms with van der Waals surface area (Å²) in [5.74, 6) is 0.197. The topological polar surface area (TPSA) is 35.6 Å². The molecule has 1 saturated carbocycles. The van der Waals surface area contributed by atoms with Gasteiger partial charge in [-0.25, -0.2) is 0 Å². The van der Waals surface area contributed by atoms with Crippen LogP contribution in [0.2, 0.25) is 0 Å². The van der Waals surface area contributed by atoms with E-state index in [-0.39, 0.29) is 11.3 Å². The first-order valence-electron chi connectivity index (χ1n) is 10.00. The minimum atomic E-state index is 0.197. The third-order valence-corrected chi connectivity index (χ3v) is 6.11. The Balaban J connectivity index is 1.56. The predicted octanol–water partition coefficient (Wildman–Crippen LogP) is 2.80. The Bertz CT molecular complexity index is 531. The summed E-state index contributed by atoms with van der Waals surface area (Å²) in [6.07, 6.45) is 6.54. The first-order valence-corrected chi connectivity index (χ1v) is 10.00. The molecule has 4 heteroatoms.